The van der Waals surface area contributed by atoms with Gasteiger partial charge in [-0.1, -0.05) is 13.0 Å². The first-order valence-corrected chi connectivity index (χ1v) is 9.68. The van der Waals surface area contributed by atoms with Gasteiger partial charge in [0.25, 0.3) is 5.91 Å². The molecule has 0 bridgehead atoms. The van der Waals surface area contributed by atoms with Gasteiger partial charge in [0.05, 0.1) is 22.5 Å². The quantitative estimate of drug-likeness (QED) is 0.443. The molecular formula is C22H21N9O. The fourth-order valence-electron chi connectivity index (χ4n) is 3.06. The number of nitrogens with one attached hydrogen (secondary N) is 1. The molecule has 4 heterocycles. The third-order valence-corrected chi connectivity index (χ3v) is 4.54. The van der Waals surface area contributed by atoms with Gasteiger partial charge in [-0.15, -0.1) is 0 Å². The van der Waals surface area contributed by atoms with Gasteiger partial charge < -0.3 is 16.8 Å². The van der Waals surface area contributed by atoms with Gasteiger partial charge in [-0.05, 0) is 30.7 Å². The SMILES string of the molecule is CCc1nc2cccnc2c(C(=O)NC)c1-c1ccccn1.N#Cc1c(N)ncnc1N. The first-order valence-electron chi connectivity index (χ1n) is 9.68. The van der Waals surface area contributed by atoms with Crippen LogP contribution in [0.4, 0.5) is 11.6 Å². The number of nitrogens with two attached hydrogens (primary N) is 2. The molecule has 0 atom stereocenters. The highest BCUT2D eigenvalue weighted by Crippen LogP contribution is 2.30. The van der Waals surface area contributed by atoms with Crippen LogP contribution in [0.2, 0.25) is 0 Å². The predicted octanol–water partition coefficient (Wildman–Crippen LogP) is 2.13. The molecule has 4 aromatic heterocycles. The first kappa shape index (κ1) is 22.0. The van der Waals surface area contributed by atoms with Crippen LogP contribution in [0.25, 0.3) is 22.3 Å². The summed E-state index contributed by atoms with van der Waals surface area (Å²) in [6.07, 6.45) is 5.31. The molecule has 0 fully saturated rings. The van der Waals surface area contributed by atoms with Crippen molar-refractivity contribution in [1.29, 1.82) is 5.26 Å². The second-order valence-corrected chi connectivity index (χ2v) is 6.46. The van der Waals surface area contributed by atoms with Crippen LogP contribution in [-0.4, -0.2) is 37.9 Å². The zero-order valence-electron chi connectivity index (χ0n) is 17.6. The maximum atomic E-state index is 12.5. The summed E-state index contributed by atoms with van der Waals surface area (Å²) in [6.45, 7) is 2.02. The highest BCUT2D eigenvalue weighted by Gasteiger charge is 2.22. The lowest BCUT2D eigenvalue weighted by molar-refractivity contribution is 0.0965. The number of nitrogen functional groups attached to an aromatic ring is 2. The standard InChI is InChI=1S/C17H16N4O.C5H5N5/c1-3-11-14(12-7-4-5-9-19-12)15(17(22)18-2)16-13(21-11)8-6-10-20-16;6-1-3-4(7)9-2-10-5(3)8/h4-10H,3H2,1-2H3,(H,18,22);2H,(H4,7,8,9,10). The molecule has 10 heteroatoms. The van der Waals surface area contributed by atoms with Crippen molar-refractivity contribution in [2.45, 2.75) is 13.3 Å². The van der Waals surface area contributed by atoms with Gasteiger partial charge >= 0.3 is 0 Å². The average Bonchev–Trinajstić information content (AvgIpc) is 2.83. The number of hydrogen-bond acceptors (Lipinski definition) is 9. The molecule has 10 nitrogen and oxygen atoms in total. The largest absolute Gasteiger partial charge is 0.382 e. The van der Waals surface area contributed by atoms with Crippen LogP contribution >= 0.6 is 0 Å². The number of hydrogen-bond donors (Lipinski definition) is 3. The lowest BCUT2D eigenvalue weighted by Gasteiger charge is -2.14. The Bertz CT molecular complexity index is 1280. The maximum Gasteiger partial charge on any atom is 0.254 e. The number of nitriles is 1. The van der Waals surface area contributed by atoms with Crippen LogP contribution in [0.3, 0.4) is 0 Å². The molecule has 4 rings (SSSR count). The molecule has 0 saturated heterocycles. The third kappa shape index (κ3) is 4.41. The number of rotatable bonds is 3. The molecule has 0 aromatic carbocycles. The molecule has 5 N–H and O–H groups in total. The molecule has 0 radical (unpaired) electrons. The molecule has 0 unspecified atom stereocenters. The summed E-state index contributed by atoms with van der Waals surface area (Å²) in [5.41, 5.74) is 14.9. The van der Waals surface area contributed by atoms with Crippen molar-refractivity contribution in [2.24, 2.45) is 0 Å². The zero-order chi connectivity index (χ0) is 23.1. The van der Waals surface area contributed by atoms with Crippen LogP contribution in [0, 0.1) is 11.3 Å². The van der Waals surface area contributed by atoms with E-state index < -0.39 is 0 Å². The minimum Gasteiger partial charge on any atom is -0.382 e. The minimum absolute atomic E-state index is 0.120. The van der Waals surface area contributed by atoms with Crippen LogP contribution in [0.1, 0.15) is 28.5 Å². The van der Waals surface area contributed by atoms with Crippen molar-refractivity contribution in [3.8, 4) is 17.3 Å². The Kier molecular flexibility index (Phi) is 6.82. The van der Waals surface area contributed by atoms with Crippen molar-refractivity contribution in [1.82, 2.24) is 30.2 Å². The van der Waals surface area contributed by atoms with Crippen LogP contribution in [-0.2, 0) is 6.42 Å². The molecule has 0 aliphatic carbocycles. The monoisotopic (exact) mass is 427 g/mol. The van der Waals surface area contributed by atoms with Gasteiger partial charge in [0.15, 0.2) is 0 Å². The molecule has 4 aromatic rings. The molecule has 32 heavy (non-hydrogen) atoms. The number of nitrogens with zero attached hydrogens (tertiary/aromatic N) is 6. The zero-order valence-corrected chi connectivity index (χ0v) is 17.6. The number of pyridine rings is 3. The van der Waals surface area contributed by atoms with Crippen molar-refractivity contribution in [3.63, 3.8) is 0 Å². The molecular weight excluding hydrogens is 406 g/mol. The second-order valence-electron chi connectivity index (χ2n) is 6.46. The third-order valence-electron chi connectivity index (χ3n) is 4.54. The van der Waals surface area contributed by atoms with E-state index in [0.29, 0.717) is 17.5 Å². The number of carbonyl (C=O) groups is 1. The average molecular weight is 427 g/mol. The van der Waals surface area contributed by atoms with Crippen LogP contribution in [0.15, 0.2) is 49.1 Å². The van der Waals surface area contributed by atoms with Crippen LogP contribution < -0.4 is 16.8 Å². The summed E-state index contributed by atoms with van der Waals surface area (Å²) in [4.78, 5) is 33.1. The van der Waals surface area contributed by atoms with Gasteiger partial charge in [0, 0.05) is 25.0 Å². The smallest absolute Gasteiger partial charge is 0.254 e. The van der Waals surface area contributed by atoms with E-state index >= 15 is 0 Å². The first-order chi connectivity index (χ1) is 15.5. The molecule has 160 valence electrons. The van der Waals surface area contributed by atoms with Crippen molar-refractivity contribution >= 4 is 28.6 Å². The minimum atomic E-state index is -0.179. The van der Waals surface area contributed by atoms with Gasteiger partial charge in [0.2, 0.25) is 0 Å². The molecule has 0 aliphatic rings. The Morgan fingerprint density at radius 2 is 1.78 bits per heavy atom. The fraction of sp³-hybridized carbons (Fsp3) is 0.136. The number of carbonyl (C=O) groups excluding carboxylic acids is 1. The molecule has 0 aliphatic heterocycles. The van der Waals surface area contributed by atoms with E-state index in [1.807, 2.05) is 37.3 Å². The molecule has 1 amide bonds. The molecule has 0 spiro atoms. The predicted molar refractivity (Wildman–Crippen MR) is 121 cm³/mol. The number of aromatic nitrogens is 5. The summed E-state index contributed by atoms with van der Waals surface area (Å²) < 4.78 is 0. The van der Waals surface area contributed by atoms with Crippen LogP contribution in [0.5, 0.6) is 0 Å². The van der Waals surface area contributed by atoms with E-state index in [4.69, 9.17) is 16.7 Å². The summed E-state index contributed by atoms with van der Waals surface area (Å²) in [6, 6.07) is 11.1. The van der Waals surface area contributed by atoms with E-state index in [-0.39, 0.29) is 23.1 Å². The van der Waals surface area contributed by atoms with Gasteiger partial charge in [-0.25, -0.2) is 9.97 Å². The summed E-state index contributed by atoms with van der Waals surface area (Å²) in [7, 11) is 1.62. The lowest BCUT2D eigenvalue weighted by Crippen LogP contribution is -2.21. The highest BCUT2D eigenvalue weighted by molar-refractivity contribution is 6.10. The van der Waals surface area contributed by atoms with E-state index in [9.17, 15) is 4.79 Å². The van der Waals surface area contributed by atoms with E-state index in [0.717, 1.165) is 22.5 Å². The summed E-state index contributed by atoms with van der Waals surface area (Å²) in [5.74, 6) is 0.0615. The second kappa shape index (κ2) is 9.90. The van der Waals surface area contributed by atoms with Gasteiger partial charge in [-0.3, -0.25) is 19.7 Å². The highest BCUT2D eigenvalue weighted by atomic mass is 16.1. The summed E-state index contributed by atoms with van der Waals surface area (Å²) in [5, 5.41) is 11.1. The van der Waals surface area contributed by atoms with Crippen molar-refractivity contribution in [2.75, 3.05) is 18.5 Å². The Morgan fingerprint density at radius 3 is 2.34 bits per heavy atom. The van der Waals surface area contributed by atoms with E-state index in [1.54, 1.807) is 25.5 Å². The van der Waals surface area contributed by atoms with E-state index in [1.165, 1.54) is 6.33 Å². The van der Waals surface area contributed by atoms with Gasteiger partial charge in [0.1, 0.15) is 35.1 Å². The lowest BCUT2D eigenvalue weighted by atomic mass is 9.98. The molecule has 0 saturated carbocycles. The van der Waals surface area contributed by atoms with Crippen molar-refractivity contribution in [3.05, 3.63) is 65.9 Å². The normalized spacial score (nSPS) is 10.0. The Hall–Kier alpha value is -4.65. The number of anilines is 2. The van der Waals surface area contributed by atoms with Crippen molar-refractivity contribution < 1.29 is 4.79 Å². The van der Waals surface area contributed by atoms with E-state index in [2.05, 4.69) is 30.2 Å². The fourth-order valence-corrected chi connectivity index (χ4v) is 3.06. The Morgan fingerprint density at radius 1 is 1.06 bits per heavy atom. The number of amides is 1. The number of aryl methyl sites for hydroxylation is 1. The number of fused-ring (bicyclic) bond motifs is 1. The van der Waals surface area contributed by atoms with Gasteiger partial charge in [-0.2, -0.15) is 5.26 Å². The Balaban J connectivity index is 0.000000243. The Labute approximate surface area is 184 Å². The topological polar surface area (TPSA) is 169 Å². The summed E-state index contributed by atoms with van der Waals surface area (Å²) >= 11 is 0. The maximum absolute atomic E-state index is 12.5.